The average Bonchev–Trinajstić information content (AvgIpc) is 2.47. The van der Waals surface area contributed by atoms with Crippen LogP contribution in [0.5, 0.6) is 5.75 Å². The summed E-state index contributed by atoms with van der Waals surface area (Å²) >= 11 is 5.88. The summed E-state index contributed by atoms with van der Waals surface area (Å²) in [5.41, 5.74) is 3.15. The van der Waals surface area contributed by atoms with Gasteiger partial charge in [0.05, 0.1) is 48.1 Å². The smallest absolute Gasteiger partial charge is 0.139 e. The molecule has 100 valence electrons. The Morgan fingerprint density at radius 1 is 1.05 bits per heavy atom. The highest BCUT2D eigenvalue weighted by atomic mass is 35.5. The van der Waals surface area contributed by atoms with Gasteiger partial charge in [-0.2, -0.15) is 0 Å². The first-order valence-corrected chi connectivity index (χ1v) is 6.31. The highest BCUT2D eigenvalue weighted by Gasteiger charge is 2.02. The first kappa shape index (κ1) is 12.6. The zero-order chi connectivity index (χ0) is 13.9. The van der Waals surface area contributed by atoms with Crippen LogP contribution < -0.4 is 10.1 Å². The van der Waals surface area contributed by atoms with Crippen molar-refractivity contribution in [2.24, 2.45) is 0 Å². The minimum atomic E-state index is 0.444. The van der Waals surface area contributed by atoms with Crippen LogP contribution in [0, 0.1) is 0 Å². The molecular weight excluding hydrogens is 276 g/mol. The first-order valence-electron chi connectivity index (χ1n) is 5.93. The van der Waals surface area contributed by atoms with Gasteiger partial charge in [0.15, 0.2) is 0 Å². The SMILES string of the molecule is COc1cncc(Nc2cnc3ccc(Cl)nc3c2)c1. The second kappa shape index (κ2) is 5.30. The van der Waals surface area contributed by atoms with Gasteiger partial charge in [0.1, 0.15) is 10.9 Å². The zero-order valence-corrected chi connectivity index (χ0v) is 11.4. The van der Waals surface area contributed by atoms with Crippen LogP contribution in [-0.4, -0.2) is 22.1 Å². The molecule has 5 nitrogen and oxygen atoms in total. The summed E-state index contributed by atoms with van der Waals surface area (Å²) in [6.45, 7) is 0. The maximum Gasteiger partial charge on any atom is 0.139 e. The maximum atomic E-state index is 5.88. The second-order valence-corrected chi connectivity index (χ2v) is 4.52. The van der Waals surface area contributed by atoms with E-state index in [9.17, 15) is 0 Å². The van der Waals surface area contributed by atoms with Crippen LogP contribution in [0.25, 0.3) is 11.0 Å². The third kappa shape index (κ3) is 2.62. The number of aromatic nitrogens is 3. The Balaban J connectivity index is 1.93. The van der Waals surface area contributed by atoms with E-state index in [4.69, 9.17) is 16.3 Å². The van der Waals surface area contributed by atoms with E-state index in [0.29, 0.717) is 10.9 Å². The summed E-state index contributed by atoms with van der Waals surface area (Å²) < 4.78 is 5.13. The molecule has 3 rings (SSSR count). The van der Waals surface area contributed by atoms with Crippen LogP contribution >= 0.6 is 11.6 Å². The number of ether oxygens (including phenoxy) is 1. The largest absolute Gasteiger partial charge is 0.495 e. The van der Waals surface area contributed by atoms with Gasteiger partial charge >= 0.3 is 0 Å². The second-order valence-electron chi connectivity index (χ2n) is 4.13. The maximum absolute atomic E-state index is 5.88. The van der Waals surface area contributed by atoms with Gasteiger partial charge in [-0.25, -0.2) is 4.98 Å². The molecule has 0 saturated carbocycles. The average molecular weight is 287 g/mol. The van der Waals surface area contributed by atoms with Gasteiger partial charge in [-0.1, -0.05) is 11.6 Å². The molecule has 0 aliphatic rings. The predicted molar refractivity (Wildman–Crippen MR) is 78.6 cm³/mol. The standard InChI is InChI=1S/C14H11ClN4O/c1-20-11-4-9(6-16-8-11)18-10-5-13-12(17-7-10)2-3-14(15)19-13/h2-8,18H,1H3. The monoisotopic (exact) mass is 286 g/mol. The minimum absolute atomic E-state index is 0.444. The Labute approximate surface area is 120 Å². The van der Waals surface area contributed by atoms with E-state index in [-0.39, 0.29) is 0 Å². The number of anilines is 2. The molecule has 1 N–H and O–H groups in total. The highest BCUT2D eigenvalue weighted by molar-refractivity contribution is 6.29. The van der Waals surface area contributed by atoms with Gasteiger partial charge in [0.2, 0.25) is 0 Å². The number of hydrogen-bond acceptors (Lipinski definition) is 5. The molecule has 0 aromatic carbocycles. The van der Waals surface area contributed by atoms with Crippen molar-refractivity contribution >= 4 is 34.0 Å². The number of nitrogens with one attached hydrogen (secondary N) is 1. The predicted octanol–water partition coefficient (Wildman–Crippen LogP) is 3.43. The lowest BCUT2D eigenvalue weighted by molar-refractivity contribution is 0.413. The van der Waals surface area contributed by atoms with Crippen molar-refractivity contribution in [2.75, 3.05) is 12.4 Å². The van der Waals surface area contributed by atoms with E-state index in [1.54, 1.807) is 31.8 Å². The summed E-state index contributed by atoms with van der Waals surface area (Å²) in [5.74, 6) is 0.685. The highest BCUT2D eigenvalue weighted by Crippen LogP contribution is 2.22. The number of hydrogen-bond donors (Lipinski definition) is 1. The van der Waals surface area contributed by atoms with Crippen molar-refractivity contribution < 1.29 is 4.74 Å². The van der Waals surface area contributed by atoms with Gasteiger partial charge in [-0.05, 0) is 18.2 Å². The quantitative estimate of drug-likeness (QED) is 0.748. The molecule has 0 amide bonds. The Morgan fingerprint density at radius 2 is 1.90 bits per heavy atom. The topological polar surface area (TPSA) is 59.9 Å². The lowest BCUT2D eigenvalue weighted by Gasteiger charge is -2.07. The van der Waals surface area contributed by atoms with Gasteiger partial charge < -0.3 is 10.1 Å². The summed E-state index contributed by atoms with van der Waals surface area (Å²) in [4.78, 5) is 12.6. The van der Waals surface area contributed by atoms with E-state index < -0.39 is 0 Å². The molecule has 0 bridgehead atoms. The molecule has 0 fully saturated rings. The Hall–Kier alpha value is -2.40. The molecule has 0 unspecified atom stereocenters. The molecule has 0 aliphatic heterocycles. The summed E-state index contributed by atoms with van der Waals surface area (Å²) in [7, 11) is 1.60. The van der Waals surface area contributed by atoms with Crippen LogP contribution in [0.2, 0.25) is 5.15 Å². The van der Waals surface area contributed by atoms with Gasteiger partial charge in [-0.3, -0.25) is 9.97 Å². The number of nitrogens with zero attached hydrogens (tertiary/aromatic N) is 3. The van der Waals surface area contributed by atoms with E-state index in [0.717, 1.165) is 22.4 Å². The minimum Gasteiger partial charge on any atom is -0.495 e. The van der Waals surface area contributed by atoms with Crippen molar-refractivity contribution in [3.63, 3.8) is 0 Å². The van der Waals surface area contributed by atoms with Gasteiger partial charge in [-0.15, -0.1) is 0 Å². The third-order valence-corrected chi connectivity index (χ3v) is 2.95. The first-order chi connectivity index (χ1) is 9.74. The van der Waals surface area contributed by atoms with Crippen molar-refractivity contribution in [2.45, 2.75) is 0 Å². The molecular formula is C14H11ClN4O. The van der Waals surface area contributed by atoms with Crippen LogP contribution in [0.1, 0.15) is 0 Å². The number of pyridine rings is 3. The molecule has 3 aromatic heterocycles. The normalized spacial score (nSPS) is 10.5. The zero-order valence-electron chi connectivity index (χ0n) is 10.7. The molecule has 3 heterocycles. The van der Waals surface area contributed by atoms with Gasteiger partial charge in [0.25, 0.3) is 0 Å². The molecule has 6 heteroatoms. The fourth-order valence-corrected chi connectivity index (χ4v) is 1.97. The van der Waals surface area contributed by atoms with Crippen molar-refractivity contribution in [3.8, 4) is 5.75 Å². The Morgan fingerprint density at radius 3 is 2.75 bits per heavy atom. The summed E-state index contributed by atoms with van der Waals surface area (Å²) in [6, 6.07) is 7.29. The molecule has 20 heavy (non-hydrogen) atoms. The number of rotatable bonds is 3. The van der Waals surface area contributed by atoms with Crippen LogP contribution in [0.3, 0.4) is 0 Å². The van der Waals surface area contributed by atoms with E-state index >= 15 is 0 Å². The molecule has 0 spiro atoms. The van der Waals surface area contributed by atoms with E-state index in [2.05, 4.69) is 20.3 Å². The van der Waals surface area contributed by atoms with Crippen molar-refractivity contribution in [1.82, 2.24) is 15.0 Å². The number of methoxy groups -OCH3 is 1. The summed E-state index contributed by atoms with van der Waals surface area (Å²) in [5, 5.41) is 3.65. The molecule has 0 saturated heterocycles. The van der Waals surface area contributed by atoms with Crippen molar-refractivity contribution in [3.05, 3.63) is 48.0 Å². The van der Waals surface area contributed by atoms with Gasteiger partial charge in [0, 0.05) is 6.07 Å². The molecule has 0 atom stereocenters. The molecule has 3 aromatic rings. The lowest BCUT2D eigenvalue weighted by atomic mass is 10.3. The summed E-state index contributed by atoms with van der Waals surface area (Å²) in [6.07, 6.45) is 5.08. The Bertz CT molecular complexity index is 763. The third-order valence-electron chi connectivity index (χ3n) is 2.74. The fourth-order valence-electron chi connectivity index (χ4n) is 1.82. The van der Waals surface area contributed by atoms with Crippen LogP contribution in [0.4, 0.5) is 11.4 Å². The fraction of sp³-hybridized carbons (Fsp3) is 0.0714. The number of halogens is 1. The Kier molecular flexibility index (Phi) is 3.35. The number of fused-ring (bicyclic) bond motifs is 1. The molecule has 0 aliphatic carbocycles. The van der Waals surface area contributed by atoms with E-state index in [1.165, 1.54) is 0 Å². The van der Waals surface area contributed by atoms with Crippen molar-refractivity contribution in [1.29, 1.82) is 0 Å². The molecule has 0 radical (unpaired) electrons. The van der Waals surface area contributed by atoms with Crippen LogP contribution in [-0.2, 0) is 0 Å². The van der Waals surface area contributed by atoms with E-state index in [1.807, 2.05) is 18.2 Å². The van der Waals surface area contributed by atoms with Crippen LogP contribution in [0.15, 0.2) is 42.9 Å². The lowest BCUT2D eigenvalue weighted by Crippen LogP contribution is -1.94.